The number of rotatable bonds is 5. The van der Waals surface area contributed by atoms with E-state index in [1.54, 1.807) is 11.8 Å². The predicted octanol–water partition coefficient (Wildman–Crippen LogP) is 2.86. The van der Waals surface area contributed by atoms with Crippen LogP contribution < -0.4 is 0 Å². The topological polar surface area (TPSA) is 26.3 Å². The summed E-state index contributed by atoms with van der Waals surface area (Å²) >= 11 is 1.73. The van der Waals surface area contributed by atoms with Gasteiger partial charge in [0.2, 0.25) is 0 Å². The summed E-state index contributed by atoms with van der Waals surface area (Å²) in [6.45, 7) is 3.78. The Bertz CT molecular complexity index is 174. The molecule has 0 N–H and O–H groups in total. The van der Waals surface area contributed by atoms with Crippen LogP contribution in [0, 0.1) is 5.92 Å². The lowest BCUT2D eigenvalue weighted by Crippen LogP contribution is -2.14. The molecule has 0 amide bonds. The van der Waals surface area contributed by atoms with Gasteiger partial charge in [-0.2, -0.15) is 0 Å². The van der Waals surface area contributed by atoms with E-state index in [-0.39, 0.29) is 12.1 Å². The SMILES string of the molecule is CC(C)OC(=O)CSCC1CCCC1. The molecule has 1 fully saturated rings. The van der Waals surface area contributed by atoms with E-state index in [0.29, 0.717) is 5.75 Å². The van der Waals surface area contributed by atoms with E-state index >= 15 is 0 Å². The summed E-state index contributed by atoms with van der Waals surface area (Å²) in [5.74, 6) is 2.44. The highest BCUT2D eigenvalue weighted by Crippen LogP contribution is 2.27. The van der Waals surface area contributed by atoms with Crippen LogP contribution in [0.2, 0.25) is 0 Å². The van der Waals surface area contributed by atoms with Crippen LogP contribution in [0.15, 0.2) is 0 Å². The summed E-state index contributed by atoms with van der Waals surface area (Å²) in [6.07, 6.45) is 5.48. The van der Waals surface area contributed by atoms with Gasteiger partial charge in [0, 0.05) is 0 Å². The minimum Gasteiger partial charge on any atom is -0.462 e. The fraction of sp³-hybridized carbons (Fsp3) is 0.909. The summed E-state index contributed by atoms with van der Waals surface area (Å²) in [4.78, 5) is 11.2. The van der Waals surface area contributed by atoms with Gasteiger partial charge in [-0.1, -0.05) is 12.8 Å². The van der Waals surface area contributed by atoms with E-state index < -0.39 is 0 Å². The maximum absolute atomic E-state index is 11.2. The van der Waals surface area contributed by atoms with Gasteiger partial charge in [-0.05, 0) is 38.4 Å². The van der Waals surface area contributed by atoms with Crippen LogP contribution in [0.25, 0.3) is 0 Å². The summed E-state index contributed by atoms with van der Waals surface area (Å²) in [5, 5.41) is 0. The van der Waals surface area contributed by atoms with Crippen LogP contribution in [0.5, 0.6) is 0 Å². The summed E-state index contributed by atoms with van der Waals surface area (Å²) in [7, 11) is 0. The summed E-state index contributed by atoms with van der Waals surface area (Å²) < 4.78 is 5.06. The Morgan fingerprint density at radius 1 is 1.43 bits per heavy atom. The zero-order valence-corrected chi connectivity index (χ0v) is 9.94. The first kappa shape index (κ1) is 11.9. The number of thioether (sulfide) groups is 1. The molecule has 0 heterocycles. The second kappa shape index (κ2) is 6.33. The second-order valence-corrected chi connectivity index (χ2v) is 5.23. The molecule has 0 unspecified atom stereocenters. The average Bonchev–Trinajstić information content (AvgIpc) is 2.55. The van der Waals surface area contributed by atoms with Gasteiger partial charge in [-0.15, -0.1) is 11.8 Å². The Balaban J connectivity index is 1.99. The zero-order chi connectivity index (χ0) is 10.4. The molecule has 0 atom stereocenters. The first-order chi connectivity index (χ1) is 6.68. The molecule has 0 aliphatic heterocycles. The molecule has 0 aromatic rings. The molecule has 2 nitrogen and oxygen atoms in total. The van der Waals surface area contributed by atoms with Crippen LogP contribution in [0.3, 0.4) is 0 Å². The average molecular weight is 216 g/mol. The van der Waals surface area contributed by atoms with Gasteiger partial charge in [-0.3, -0.25) is 4.79 Å². The van der Waals surface area contributed by atoms with Gasteiger partial charge < -0.3 is 4.74 Å². The van der Waals surface area contributed by atoms with Crippen molar-refractivity contribution in [1.82, 2.24) is 0 Å². The minimum absolute atomic E-state index is 0.0228. The molecular weight excluding hydrogens is 196 g/mol. The molecule has 0 aromatic heterocycles. The minimum atomic E-state index is -0.0667. The fourth-order valence-corrected chi connectivity index (χ4v) is 2.80. The molecule has 0 spiro atoms. The largest absolute Gasteiger partial charge is 0.462 e. The molecule has 0 bridgehead atoms. The summed E-state index contributed by atoms with van der Waals surface area (Å²) in [6, 6.07) is 0. The van der Waals surface area contributed by atoms with Gasteiger partial charge in [0.05, 0.1) is 11.9 Å². The van der Waals surface area contributed by atoms with Crippen LogP contribution >= 0.6 is 11.8 Å². The number of esters is 1. The lowest BCUT2D eigenvalue weighted by Gasteiger charge is -2.09. The smallest absolute Gasteiger partial charge is 0.316 e. The number of hydrogen-bond acceptors (Lipinski definition) is 3. The second-order valence-electron chi connectivity index (χ2n) is 4.20. The lowest BCUT2D eigenvalue weighted by atomic mass is 10.1. The third-order valence-electron chi connectivity index (χ3n) is 2.42. The number of hydrogen-bond donors (Lipinski definition) is 0. The van der Waals surface area contributed by atoms with E-state index in [9.17, 15) is 4.79 Å². The fourth-order valence-electron chi connectivity index (χ4n) is 1.78. The summed E-state index contributed by atoms with van der Waals surface area (Å²) in [5.41, 5.74) is 0. The van der Waals surface area contributed by atoms with E-state index in [1.807, 2.05) is 13.8 Å². The standard InChI is InChI=1S/C11H20O2S/c1-9(2)13-11(12)8-14-7-10-5-3-4-6-10/h9-10H,3-8H2,1-2H3. The van der Waals surface area contributed by atoms with Crippen molar-refractivity contribution in [3.05, 3.63) is 0 Å². The highest BCUT2D eigenvalue weighted by atomic mass is 32.2. The van der Waals surface area contributed by atoms with Crippen molar-refractivity contribution in [2.45, 2.75) is 45.6 Å². The van der Waals surface area contributed by atoms with Gasteiger partial charge in [0.15, 0.2) is 0 Å². The molecule has 1 saturated carbocycles. The molecule has 1 rings (SSSR count). The third-order valence-corrected chi connectivity index (χ3v) is 3.56. The molecule has 0 saturated heterocycles. The molecule has 0 aromatic carbocycles. The van der Waals surface area contributed by atoms with E-state index in [2.05, 4.69) is 0 Å². The van der Waals surface area contributed by atoms with Crippen molar-refractivity contribution < 1.29 is 9.53 Å². The van der Waals surface area contributed by atoms with Gasteiger partial charge in [0.1, 0.15) is 0 Å². The van der Waals surface area contributed by atoms with Crippen molar-refractivity contribution in [1.29, 1.82) is 0 Å². The number of ether oxygens (including phenoxy) is 1. The molecule has 3 heteroatoms. The maximum atomic E-state index is 11.2. The Morgan fingerprint density at radius 2 is 2.07 bits per heavy atom. The highest BCUT2D eigenvalue weighted by Gasteiger charge is 2.15. The molecule has 1 aliphatic rings. The number of carbonyl (C=O) groups excluding carboxylic acids is 1. The van der Waals surface area contributed by atoms with Crippen molar-refractivity contribution in [2.24, 2.45) is 5.92 Å². The zero-order valence-electron chi connectivity index (χ0n) is 9.12. The highest BCUT2D eigenvalue weighted by molar-refractivity contribution is 7.99. The van der Waals surface area contributed by atoms with E-state index in [1.165, 1.54) is 25.7 Å². The van der Waals surface area contributed by atoms with E-state index in [4.69, 9.17) is 4.74 Å². The predicted molar refractivity (Wildman–Crippen MR) is 60.5 cm³/mol. The van der Waals surface area contributed by atoms with Gasteiger partial charge >= 0.3 is 5.97 Å². The van der Waals surface area contributed by atoms with Gasteiger partial charge in [0.25, 0.3) is 0 Å². The monoisotopic (exact) mass is 216 g/mol. The van der Waals surface area contributed by atoms with Crippen molar-refractivity contribution in [3.8, 4) is 0 Å². The van der Waals surface area contributed by atoms with Crippen molar-refractivity contribution in [2.75, 3.05) is 11.5 Å². The van der Waals surface area contributed by atoms with Crippen LogP contribution in [-0.4, -0.2) is 23.6 Å². The van der Waals surface area contributed by atoms with Crippen molar-refractivity contribution >= 4 is 17.7 Å². The Kier molecular flexibility index (Phi) is 5.38. The normalized spacial score (nSPS) is 17.6. The molecule has 1 aliphatic carbocycles. The first-order valence-electron chi connectivity index (χ1n) is 5.45. The molecular formula is C11H20O2S. The first-order valence-corrected chi connectivity index (χ1v) is 6.61. The quantitative estimate of drug-likeness (QED) is 0.661. The van der Waals surface area contributed by atoms with Crippen LogP contribution in [0.4, 0.5) is 0 Å². The lowest BCUT2D eigenvalue weighted by molar-refractivity contribution is -0.144. The maximum Gasteiger partial charge on any atom is 0.316 e. The van der Waals surface area contributed by atoms with Crippen LogP contribution in [-0.2, 0) is 9.53 Å². The third kappa shape index (κ3) is 4.89. The number of carbonyl (C=O) groups is 1. The van der Waals surface area contributed by atoms with Gasteiger partial charge in [-0.25, -0.2) is 0 Å². The van der Waals surface area contributed by atoms with E-state index in [0.717, 1.165) is 11.7 Å². The Hall–Kier alpha value is -0.180. The molecule has 14 heavy (non-hydrogen) atoms. The Labute approximate surface area is 90.8 Å². The molecule has 0 radical (unpaired) electrons. The van der Waals surface area contributed by atoms with Crippen LogP contribution in [0.1, 0.15) is 39.5 Å². The Morgan fingerprint density at radius 3 is 2.64 bits per heavy atom. The molecule has 82 valence electrons. The van der Waals surface area contributed by atoms with Crippen molar-refractivity contribution in [3.63, 3.8) is 0 Å².